The van der Waals surface area contributed by atoms with E-state index in [-0.39, 0.29) is 31.5 Å². The van der Waals surface area contributed by atoms with Crippen LogP contribution in [0, 0.1) is 0 Å². The third kappa shape index (κ3) is 54.1. The zero-order chi connectivity index (χ0) is 53.6. The Morgan fingerprint density at radius 3 is 1.27 bits per heavy atom. The number of carbonyl (C=O) groups excluding carboxylic acids is 2. The van der Waals surface area contributed by atoms with Crippen LogP contribution in [0.4, 0.5) is 0 Å². The summed E-state index contributed by atoms with van der Waals surface area (Å²) in [5.74, 6) is -0.535. The number of unbranched alkanes of at least 4 members (excludes halogenated alkanes) is 28. The molecule has 0 aromatic rings. The van der Waals surface area contributed by atoms with E-state index in [4.69, 9.17) is 13.8 Å². The molecule has 10 heteroatoms. The molecule has 73 heavy (non-hydrogen) atoms. The normalized spacial score (nSPS) is 14.2. The molecule has 3 unspecified atom stereocenters. The second-order valence-corrected chi connectivity index (χ2v) is 23.0. The first-order valence-electron chi connectivity index (χ1n) is 30.3. The Bertz CT molecular complexity index is 1480. The minimum atomic E-state index is -4.45. The standard InChI is InChI=1S/C63H115N2O7P/c1-7-10-13-16-19-22-25-27-29-31-32-34-36-38-41-44-47-50-53-56-63(67)72-61(54-51-48-45-42-39-24-21-18-15-12-9-3)60(59-71-73(68,69)70-58-57-65(4,5)6)64-62(66)55-52-49-46-43-40-37-35-33-30-28-26-23-20-17-14-11-8-2/h19-20,22-23,27-30,35,37,51,54,60-61H,7-18,21,24-26,31-34,36,38-50,52-53,55-59H2,1-6H3,(H-,64,66,68,69)/p+1/b22-19-,23-20-,29-27-,30-28-,37-35-,54-51+. The van der Waals surface area contributed by atoms with Crippen molar-refractivity contribution in [2.45, 2.75) is 277 Å². The van der Waals surface area contributed by atoms with Gasteiger partial charge in [-0.05, 0) is 102 Å². The van der Waals surface area contributed by atoms with Gasteiger partial charge < -0.3 is 19.4 Å². The van der Waals surface area contributed by atoms with Crippen molar-refractivity contribution in [1.82, 2.24) is 5.32 Å². The molecule has 0 aromatic heterocycles. The Balaban J connectivity index is 5.29. The molecule has 424 valence electrons. The Morgan fingerprint density at radius 1 is 0.479 bits per heavy atom. The minimum absolute atomic E-state index is 0.0326. The number of phosphoric ester groups is 1. The van der Waals surface area contributed by atoms with Gasteiger partial charge in [0, 0.05) is 12.8 Å². The van der Waals surface area contributed by atoms with Gasteiger partial charge in [0.25, 0.3) is 0 Å². The maximum Gasteiger partial charge on any atom is 0.472 e. The van der Waals surface area contributed by atoms with Crippen molar-refractivity contribution in [2.75, 3.05) is 40.9 Å². The van der Waals surface area contributed by atoms with Crippen LogP contribution < -0.4 is 5.32 Å². The summed E-state index contributed by atoms with van der Waals surface area (Å²) < 4.78 is 30.6. The van der Waals surface area contributed by atoms with E-state index in [0.717, 1.165) is 89.9 Å². The Kier molecular flexibility index (Phi) is 51.0. The zero-order valence-corrected chi connectivity index (χ0v) is 49.3. The van der Waals surface area contributed by atoms with Gasteiger partial charge in [-0.25, -0.2) is 4.57 Å². The van der Waals surface area contributed by atoms with E-state index in [2.05, 4.69) is 86.8 Å². The number of hydrogen-bond acceptors (Lipinski definition) is 6. The molecule has 3 atom stereocenters. The molecule has 0 bridgehead atoms. The van der Waals surface area contributed by atoms with E-state index >= 15 is 0 Å². The molecule has 0 radical (unpaired) electrons. The number of amides is 1. The molecule has 0 saturated carbocycles. The number of nitrogens with one attached hydrogen (secondary N) is 1. The van der Waals surface area contributed by atoms with E-state index < -0.39 is 20.0 Å². The van der Waals surface area contributed by atoms with Crippen molar-refractivity contribution in [2.24, 2.45) is 0 Å². The first-order valence-corrected chi connectivity index (χ1v) is 31.8. The van der Waals surface area contributed by atoms with Crippen LogP contribution in [0.2, 0.25) is 0 Å². The summed E-state index contributed by atoms with van der Waals surface area (Å²) in [4.78, 5) is 37.6. The van der Waals surface area contributed by atoms with Crippen molar-refractivity contribution in [3.63, 3.8) is 0 Å². The predicted octanol–water partition coefficient (Wildman–Crippen LogP) is 18.4. The summed E-state index contributed by atoms with van der Waals surface area (Å²) in [7, 11) is 1.47. The number of rotatable bonds is 54. The lowest BCUT2D eigenvalue weighted by molar-refractivity contribution is -0.870. The van der Waals surface area contributed by atoms with Gasteiger partial charge >= 0.3 is 13.8 Å². The van der Waals surface area contributed by atoms with Gasteiger partial charge in [-0.2, -0.15) is 0 Å². The molecule has 1 amide bonds. The third-order valence-electron chi connectivity index (χ3n) is 13.1. The topological polar surface area (TPSA) is 111 Å². The Morgan fingerprint density at radius 2 is 0.836 bits per heavy atom. The fourth-order valence-corrected chi connectivity index (χ4v) is 9.12. The van der Waals surface area contributed by atoms with Crippen LogP contribution in [-0.2, 0) is 27.9 Å². The number of likely N-dealkylation sites (N-methyl/N-ethyl adjacent to an activating group) is 1. The number of esters is 1. The van der Waals surface area contributed by atoms with Gasteiger partial charge in [0.2, 0.25) is 5.91 Å². The Labute approximate surface area is 451 Å². The molecule has 0 aliphatic rings. The molecule has 0 aliphatic heterocycles. The van der Waals surface area contributed by atoms with Gasteiger partial charge in [0.1, 0.15) is 19.3 Å². The molecule has 0 spiro atoms. The number of quaternary nitrogens is 1. The van der Waals surface area contributed by atoms with Crippen LogP contribution in [0.5, 0.6) is 0 Å². The fraction of sp³-hybridized carbons (Fsp3) is 0.778. The number of carbonyl (C=O) groups is 2. The monoisotopic (exact) mass is 1040 g/mol. The highest BCUT2D eigenvalue weighted by Gasteiger charge is 2.30. The third-order valence-corrected chi connectivity index (χ3v) is 14.1. The lowest BCUT2D eigenvalue weighted by Crippen LogP contribution is -2.47. The number of hydrogen-bond donors (Lipinski definition) is 2. The number of phosphoric acid groups is 1. The van der Waals surface area contributed by atoms with Gasteiger partial charge in [-0.1, -0.05) is 222 Å². The summed E-state index contributed by atoms with van der Waals surface area (Å²) >= 11 is 0. The number of nitrogens with zero attached hydrogens (tertiary/aromatic N) is 1. The van der Waals surface area contributed by atoms with Crippen LogP contribution in [0.25, 0.3) is 0 Å². The molecule has 0 fully saturated rings. The molecular weight excluding hydrogens is 928 g/mol. The lowest BCUT2D eigenvalue weighted by Gasteiger charge is -2.27. The number of ether oxygens (including phenoxy) is 1. The van der Waals surface area contributed by atoms with Crippen LogP contribution in [-0.4, -0.2) is 74.3 Å². The van der Waals surface area contributed by atoms with Crippen molar-refractivity contribution >= 4 is 19.7 Å². The van der Waals surface area contributed by atoms with Crippen LogP contribution >= 0.6 is 7.82 Å². The molecule has 0 heterocycles. The smallest absolute Gasteiger partial charge is 0.456 e. The van der Waals surface area contributed by atoms with Crippen LogP contribution in [0.3, 0.4) is 0 Å². The summed E-state index contributed by atoms with van der Waals surface area (Å²) in [6.45, 7) is 6.93. The SMILES string of the molecule is CCCCC/C=C\C/C=C\C/C=C\CCCCCCC(=O)NC(COP(=O)(O)OCC[N+](C)(C)C)C(/C=C/CCCCCCCCCCC)OC(=O)CCCCCCCCCCC/C=C\C/C=C\CCCCC. The van der Waals surface area contributed by atoms with Gasteiger partial charge in [0.05, 0.1) is 33.8 Å². The van der Waals surface area contributed by atoms with Crippen molar-refractivity contribution in [3.8, 4) is 0 Å². The summed E-state index contributed by atoms with van der Waals surface area (Å²) in [6, 6.07) is -0.863. The highest BCUT2D eigenvalue weighted by Crippen LogP contribution is 2.43. The van der Waals surface area contributed by atoms with Crippen LogP contribution in [0.15, 0.2) is 72.9 Å². The fourth-order valence-electron chi connectivity index (χ4n) is 8.39. The predicted molar refractivity (Wildman–Crippen MR) is 314 cm³/mol. The van der Waals surface area contributed by atoms with Gasteiger partial charge in [0.15, 0.2) is 0 Å². The van der Waals surface area contributed by atoms with Gasteiger partial charge in [-0.15, -0.1) is 0 Å². The van der Waals surface area contributed by atoms with E-state index in [0.29, 0.717) is 17.4 Å². The van der Waals surface area contributed by atoms with E-state index in [9.17, 15) is 19.0 Å². The number of allylic oxidation sites excluding steroid dienone is 11. The average molecular weight is 1040 g/mol. The minimum Gasteiger partial charge on any atom is -0.456 e. The van der Waals surface area contributed by atoms with E-state index in [1.807, 2.05) is 33.3 Å². The maximum atomic E-state index is 13.5. The van der Waals surface area contributed by atoms with E-state index in [1.54, 1.807) is 0 Å². The molecule has 9 nitrogen and oxygen atoms in total. The highest BCUT2D eigenvalue weighted by molar-refractivity contribution is 7.47. The van der Waals surface area contributed by atoms with Crippen molar-refractivity contribution in [3.05, 3.63) is 72.9 Å². The second kappa shape index (κ2) is 52.9. The molecule has 0 saturated heterocycles. The van der Waals surface area contributed by atoms with Crippen molar-refractivity contribution in [1.29, 1.82) is 0 Å². The van der Waals surface area contributed by atoms with E-state index in [1.165, 1.54) is 141 Å². The second-order valence-electron chi connectivity index (χ2n) is 21.5. The highest BCUT2D eigenvalue weighted by atomic mass is 31.2. The molecular formula is C63H116N2O7P+. The summed E-state index contributed by atoms with van der Waals surface area (Å²) in [6.07, 6.45) is 67.5. The first-order chi connectivity index (χ1) is 35.4. The quantitative estimate of drug-likeness (QED) is 0.0205. The molecule has 2 N–H and O–H groups in total. The Hall–Kier alpha value is -2.55. The molecule has 0 rings (SSSR count). The lowest BCUT2D eigenvalue weighted by atomic mass is 10.1. The van der Waals surface area contributed by atoms with Crippen molar-refractivity contribution < 1.29 is 37.3 Å². The molecule has 0 aliphatic carbocycles. The largest absolute Gasteiger partial charge is 0.472 e. The average Bonchev–Trinajstić information content (AvgIpc) is 3.35. The van der Waals surface area contributed by atoms with Crippen LogP contribution in [0.1, 0.15) is 265 Å². The first kappa shape index (κ1) is 70.5. The maximum absolute atomic E-state index is 13.5. The summed E-state index contributed by atoms with van der Waals surface area (Å²) in [5.41, 5.74) is 0. The summed E-state index contributed by atoms with van der Waals surface area (Å²) in [5, 5.41) is 3.04. The molecule has 0 aromatic carbocycles. The van der Waals surface area contributed by atoms with Gasteiger partial charge in [-0.3, -0.25) is 18.6 Å². The zero-order valence-electron chi connectivity index (χ0n) is 48.4.